The molecule has 0 bridgehead atoms. The molecule has 1 N–H and O–H groups in total. The third kappa shape index (κ3) is 4.58. The van der Waals surface area contributed by atoms with Crippen LogP contribution in [0, 0.1) is 5.82 Å². The molecule has 8 nitrogen and oxygen atoms in total. The Hall–Kier alpha value is -4.31. The van der Waals surface area contributed by atoms with Crippen LogP contribution in [0.5, 0.6) is 0 Å². The molecule has 5 aromatic rings. The van der Waals surface area contributed by atoms with E-state index in [0.717, 1.165) is 24.1 Å². The maximum absolute atomic E-state index is 13.6. The van der Waals surface area contributed by atoms with E-state index in [-0.39, 0.29) is 29.4 Å². The molecule has 6 rings (SSSR count). The Labute approximate surface area is 235 Å². The zero-order chi connectivity index (χ0) is 28.0. The van der Waals surface area contributed by atoms with Crippen molar-refractivity contribution < 1.29 is 22.8 Å². The number of fused-ring (bicyclic) bond motifs is 2. The number of benzene rings is 3. The third-order valence-corrected chi connectivity index (χ3v) is 7.59. The molecular weight excluding hydrogens is 531 g/mol. The van der Waals surface area contributed by atoms with E-state index < -0.39 is 0 Å². The number of carbonyl (C=O) groups is 2. The minimum absolute atomic E-state index is 0.0298. The van der Waals surface area contributed by atoms with Gasteiger partial charge in [-0.15, -0.1) is 0 Å². The number of amides is 2. The maximum atomic E-state index is 13.6. The fourth-order valence-electron chi connectivity index (χ4n) is 5.43. The van der Waals surface area contributed by atoms with Crippen molar-refractivity contribution in [2.75, 3.05) is 31.5 Å². The van der Waals surface area contributed by atoms with Crippen molar-refractivity contribution in [2.24, 2.45) is 0 Å². The smallest absolute Gasteiger partial charge is 0.309 e. The van der Waals surface area contributed by atoms with Crippen molar-refractivity contribution in [3.8, 4) is 11.3 Å². The summed E-state index contributed by atoms with van der Waals surface area (Å²) >= 11 is 4.59. The molecule has 1 aliphatic heterocycles. The van der Waals surface area contributed by atoms with Gasteiger partial charge in [-0.2, -0.15) is 0 Å². The highest BCUT2D eigenvalue weighted by atomic mass is 32.1. The molecule has 2 aromatic heterocycles. The molecule has 1 atom stereocenters. The fraction of sp³-hybridized carbons (Fsp3) is 0.233. The summed E-state index contributed by atoms with van der Waals surface area (Å²) in [6.07, 6.45) is 1.63. The van der Waals surface area contributed by atoms with Crippen LogP contribution in [-0.4, -0.2) is 48.9 Å². The number of nitrogens with one attached hydrogen (secondary N) is 1. The molecule has 0 saturated carbocycles. The van der Waals surface area contributed by atoms with Gasteiger partial charge in [0.15, 0.2) is 5.58 Å². The standard InChI is InChI=1S/C30H27FN4O4S/c1-32-28(36)26-21-14-20(23(34(2)40)15-25(21)38-27(26)17-9-11-19(31)12-10-17)18-6-5-13-35(16-18)30(37)29-33-22-7-3-4-8-24(22)39-29/h3-4,7-12,14-15,18,40H,5-6,13,16H2,1-2H3,(H,32,36)/t18-/m1/s1. The number of likely N-dealkylation sites (tertiary alicyclic amines) is 1. The summed E-state index contributed by atoms with van der Waals surface area (Å²) < 4.78 is 27.3. The lowest BCUT2D eigenvalue weighted by molar-refractivity contribution is 0.0669. The van der Waals surface area contributed by atoms with Crippen molar-refractivity contribution in [3.63, 3.8) is 0 Å². The first-order chi connectivity index (χ1) is 19.3. The summed E-state index contributed by atoms with van der Waals surface area (Å²) in [6, 6.07) is 16.9. The number of hydrogen-bond acceptors (Lipinski definition) is 7. The van der Waals surface area contributed by atoms with Crippen molar-refractivity contribution >= 4 is 52.4 Å². The first-order valence-corrected chi connectivity index (χ1v) is 13.4. The number of thiol groups is 1. The van der Waals surface area contributed by atoms with E-state index in [1.165, 1.54) is 12.1 Å². The van der Waals surface area contributed by atoms with E-state index in [1.807, 2.05) is 37.4 Å². The van der Waals surface area contributed by atoms with Gasteiger partial charge in [-0.25, -0.2) is 9.37 Å². The predicted molar refractivity (Wildman–Crippen MR) is 154 cm³/mol. The molecule has 1 aliphatic rings. The highest BCUT2D eigenvalue weighted by Gasteiger charge is 2.31. The molecule has 40 heavy (non-hydrogen) atoms. The number of oxazole rings is 1. The number of hydrogen-bond donors (Lipinski definition) is 2. The van der Waals surface area contributed by atoms with Crippen molar-refractivity contribution in [1.82, 2.24) is 15.2 Å². The lowest BCUT2D eigenvalue weighted by atomic mass is 9.88. The van der Waals surface area contributed by atoms with Crippen LogP contribution >= 0.6 is 12.8 Å². The Bertz CT molecular complexity index is 1710. The SMILES string of the molecule is CNC(=O)c1c(-c2ccc(F)cc2)oc2cc(N(C)S)c([C@@H]3CCCN(C(=O)c4nc5ccccc5o4)C3)cc12. The first-order valence-electron chi connectivity index (χ1n) is 13.0. The number of nitrogens with zero attached hydrogens (tertiary/aromatic N) is 3. The number of para-hydroxylation sites is 2. The molecule has 3 heterocycles. The summed E-state index contributed by atoms with van der Waals surface area (Å²) in [5.74, 6) is -0.544. The fourth-order valence-corrected chi connectivity index (χ4v) is 5.60. The zero-order valence-electron chi connectivity index (χ0n) is 22.0. The summed E-state index contributed by atoms with van der Waals surface area (Å²) in [5, 5.41) is 3.33. The topological polar surface area (TPSA) is 91.8 Å². The molecule has 10 heteroatoms. The zero-order valence-corrected chi connectivity index (χ0v) is 22.9. The Morgan fingerprint density at radius 2 is 1.88 bits per heavy atom. The van der Waals surface area contributed by atoms with Gasteiger partial charge < -0.3 is 23.4 Å². The van der Waals surface area contributed by atoms with Gasteiger partial charge in [-0.3, -0.25) is 9.59 Å². The van der Waals surface area contributed by atoms with Gasteiger partial charge in [0, 0.05) is 50.1 Å². The molecule has 3 aromatic carbocycles. The van der Waals surface area contributed by atoms with Crippen LogP contribution in [0.25, 0.3) is 33.4 Å². The van der Waals surface area contributed by atoms with Gasteiger partial charge in [0.05, 0.1) is 11.3 Å². The van der Waals surface area contributed by atoms with Gasteiger partial charge in [0.25, 0.3) is 11.8 Å². The van der Waals surface area contributed by atoms with E-state index in [2.05, 4.69) is 23.1 Å². The summed E-state index contributed by atoms with van der Waals surface area (Å²) in [4.78, 5) is 32.6. The van der Waals surface area contributed by atoms with E-state index in [1.54, 1.807) is 34.5 Å². The molecule has 1 fully saturated rings. The van der Waals surface area contributed by atoms with Gasteiger partial charge in [0.1, 0.15) is 22.7 Å². The quantitative estimate of drug-likeness (QED) is 0.256. The molecule has 0 aliphatic carbocycles. The number of aromatic nitrogens is 1. The minimum atomic E-state index is -0.378. The summed E-state index contributed by atoms with van der Waals surface area (Å²) in [5.41, 5.74) is 4.43. The Morgan fingerprint density at radius 3 is 2.60 bits per heavy atom. The normalized spacial score (nSPS) is 15.5. The second-order valence-electron chi connectivity index (χ2n) is 9.90. The summed E-state index contributed by atoms with van der Waals surface area (Å²) in [7, 11) is 3.38. The molecule has 0 spiro atoms. The van der Waals surface area contributed by atoms with Crippen LogP contribution in [-0.2, 0) is 0 Å². The van der Waals surface area contributed by atoms with Crippen LogP contribution in [0.15, 0.2) is 69.5 Å². The number of halogens is 1. The molecule has 1 saturated heterocycles. The van der Waals surface area contributed by atoms with Crippen LogP contribution in [0.3, 0.4) is 0 Å². The number of anilines is 1. The number of carbonyl (C=O) groups excluding carboxylic acids is 2. The van der Waals surface area contributed by atoms with Gasteiger partial charge in [-0.05, 0) is 60.9 Å². The minimum Gasteiger partial charge on any atom is -0.455 e. The average Bonchev–Trinajstić information content (AvgIpc) is 3.57. The van der Waals surface area contributed by atoms with Crippen molar-refractivity contribution in [3.05, 3.63) is 83.5 Å². The molecule has 204 valence electrons. The van der Waals surface area contributed by atoms with Crippen molar-refractivity contribution in [2.45, 2.75) is 18.8 Å². The Kier molecular flexibility index (Phi) is 6.71. The average molecular weight is 559 g/mol. The molecule has 2 amide bonds. The lowest BCUT2D eigenvalue weighted by Crippen LogP contribution is -2.39. The van der Waals surface area contributed by atoms with E-state index in [4.69, 9.17) is 8.83 Å². The van der Waals surface area contributed by atoms with E-state index in [0.29, 0.717) is 52.0 Å². The number of piperidine rings is 1. The Morgan fingerprint density at radius 1 is 1.10 bits per heavy atom. The molecular formula is C30H27FN4O4S. The highest BCUT2D eigenvalue weighted by molar-refractivity contribution is 7.81. The second-order valence-corrected chi connectivity index (χ2v) is 10.5. The maximum Gasteiger partial charge on any atom is 0.309 e. The summed E-state index contributed by atoms with van der Waals surface area (Å²) in [6.45, 7) is 1.04. The first kappa shape index (κ1) is 25.9. The molecule has 0 unspecified atom stereocenters. The molecule has 0 radical (unpaired) electrons. The predicted octanol–water partition coefficient (Wildman–Crippen LogP) is 6.04. The van der Waals surface area contributed by atoms with Gasteiger partial charge in [-0.1, -0.05) is 24.9 Å². The van der Waals surface area contributed by atoms with E-state index >= 15 is 0 Å². The van der Waals surface area contributed by atoms with Crippen LogP contribution in [0.2, 0.25) is 0 Å². The Balaban J connectivity index is 1.41. The number of furan rings is 1. The van der Waals surface area contributed by atoms with Gasteiger partial charge in [0.2, 0.25) is 0 Å². The van der Waals surface area contributed by atoms with Crippen LogP contribution in [0.4, 0.5) is 10.1 Å². The second kappa shape index (κ2) is 10.3. The van der Waals surface area contributed by atoms with Crippen LogP contribution in [0.1, 0.15) is 45.4 Å². The van der Waals surface area contributed by atoms with Gasteiger partial charge >= 0.3 is 5.91 Å². The van der Waals surface area contributed by atoms with Crippen LogP contribution < -0.4 is 9.62 Å². The van der Waals surface area contributed by atoms with E-state index in [9.17, 15) is 14.0 Å². The van der Waals surface area contributed by atoms with Crippen molar-refractivity contribution in [1.29, 1.82) is 0 Å². The monoisotopic (exact) mass is 558 g/mol. The largest absolute Gasteiger partial charge is 0.455 e. The highest BCUT2D eigenvalue weighted by Crippen LogP contribution is 2.42. The third-order valence-electron chi connectivity index (χ3n) is 7.37. The number of rotatable bonds is 5. The lowest BCUT2D eigenvalue weighted by Gasteiger charge is -2.33.